The first-order chi connectivity index (χ1) is 16.1. The lowest BCUT2D eigenvalue weighted by molar-refractivity contribution is 0.0147. The van der Waals surface area contributed by atoms with Crippen molar-refractivity contribution in [2.75, 3.05) is 13.1 Å². The second-order valence-electron chi connectivity index (χ2n) is 9.41. The van der Waals surface area contributed by atoms with Crippen molar-refractivity contribution >= 4 is 17.7 Å². The Balaban J connectivity index is 1.65. The van der Waals surface area contributed by atoms with E-state index in [1.165, 1.54) is 0 Å². The van der Waals surface area contributed by atoms with E-state index in [1.54, 1.807) is 41.3 Å². The molecule has 3 aromatic rings. The van der Waals surface area contributed by atoms with Crippen LogP contribution < -0.4 is 0 Å². The number of hydrogen-bond acceptors (Lipinski definition) is 4. The molecule has 6 heteroatoms. The molecule has 5 nitrogen and oxygen atoms in total. The zero-order valence-corrected chi connectivity index (χ0v) is 20.6. The van der Waals surface area contributed by atoms with Crippen molar-refractivity contribution in [1.82, 2.24) is 4.90 Å². The lowest BCUT2D eigenvalue weighted by Gasteiger charge is -2.29. The number of phenols is 1. The van der Waals surface area contributed by atoms with E-state index in [1.807, 2.05) is 32.9 Å². The summed E-state index contributed by atoms with van der Waals surface area (Å²) in [6.07, 6.45) is 0.0636. The molecule has 0 aromatic heterocycles. The summed E-state index contributed by atoms with van der Waals surface area (Å²) >= 11 is 6.06. The van der Waals surface area contributed by atoms with Gasteiger partial charge in [-0.3, -0.25) is 0 Å². The highest BCUT2D eigenvalue weighted by Gasteiger charge is 2.24. The van der Waals surface area contributed by atoms with Gasteiger partial charge in [-0.15, -0.1) is 0 Å². The molecule has 0 bridgehead atoms. The molecule has 2 N–H and O–H groups in total. The molecule has 0 saturated heterocycles. The Bertz CT molecular complexity index is 1070. The highest BCUT2D eigenvalue weighted by molar-refractivity contribution is 6.30. The lowest BCUT2D eigenvalue weighted by Crippen LogP contribution is -2.40. The van der Waals surface area contributed by atoms with Crippen molar-refractivity contribution in [2.24, 2.45) is 0 Å². The van der Waals surface area contributed by atoms with Gasteiger partial charge >= 0.3 is 6.09 Å². The van der Waals surface area contributed by atoms with Crippen LogP contribution in [0.15, 0.2) is 72.8 Å². The van der Waals surface area contributed by atoms with Crippen LogP contribution in [0.2, 0.25) is 5.02 Å². The molecular formula is C28H32ClNO4. The van der Waals surface area contributed by atoms with Crippen molar-refractivity contribution in [3.8, 4) is 5.75 Å². The highest BCUT2D eigenvalue weighted by Crippen LogP contribution is 2.21. The van der Waals surface area contributed by atoms with Crippen LogP contribution in [0.5, 0.6) is 5.75 Å². The fraction of sp³-hybridized carbons (Fsp3) is 0.321. The Labute approximate surface area is 206 Å². The summed E-state index contributed by atoms with van der Waals surface area (Å²) in [5.41, 5.74) is 3.39. The van der Waals surface area contributed by atoms with Crippen LogP contribution in [0.4, 0.5) is 4.79 Å². The molecule has 1 amide bonds. The van der Waals surface area contributed by atoms with Crippen LogP contribution in [0.1, 0.15) is 49.1 Å². The van der Waals surface area contributed by atoms with Gasteiger partial charge in [-0.25, -0.2) is 4.79 Å². The van der Waals surface area contributed by atoms with Crippen LogP contribution in [-0.2, 0) is 17.6 Å². The van der Waals surface area contributed by atoms with Gasteiger partial charge in [0.05, 0.1) is 12.6 Å². The smallest absolute Gasteiger partial charge is 0.410 e. The maximum atomic E-state index is 12.8. The van der Waals surface area contributed by atoms with Crippen LogP contribution in [0, 0.1) is 0 Å². The van der Waals surface area contributed by atoms with Crippen molar-refractivity contribution in [2.45, 2.75) is 45.3 Å². The lowest BCUT2D eigenvalue weighted by atomic mass is 10.0. The first kappa shape index (κ1) is 25.6. The summed E-state index contributed by atoms with van der Waals surface area (Å²) < 4.78 is 5.57. The number of amides is 1. The normalized spacial score (nSPS) is 12.3. The Hall–Kier alpha value is -3.02. The maximum absolute atomic E-state index is 12.8. The van der Waals surface area contributed by atoms with Gasteiger partial charge in [-0.05, 0) is 80.1 Å². The third-order valence-electron chi connectivity index (χ3n) is 5.32. The Morgan fingerprint density at radius 1 is 0.971 bits per heavy atom. The van der Waals surface area contributed by atoms with E-state index >= 15 is 0 Å². The molecule has 0 fully saturated rings. The van der Waals surface area contributed by atoms with E-state index in [9.17, 15) is 15.0 Å². The summed E-state index contributed by atoms with van der Waals surface area (Å²) in [5, 5.41) is 20.7. The topological polar surface area (TPSA) is 70.0 Å². The van der Waals surface area contributed by atoms with Crippen LogP contribution in [0.3, 0.4) is 0 Å². The van der Waals surface area contributed by atoms with Crippen molar-refractivity contribution in [3.63, 3.8) is 0 Å². The number of hydrogen-bond donors (Lipinski definition) is 2. The zero-order chi connectivity index (χ0) is 24.7. The van der Waals surface area contributed by atoms with Gasteiger partial charge < -0.3 is 19.8 Å². The molecule has 34 heavy (non-hydrogen) atoms. The molecule has 180 valence electrons. The standard InChI is InChI=1S/C28H32ClNO4/c1-28(2,3)34-27(33)30(19-26(32)23-5-4-6-24(29)18-23)16-15-20-7-9-21(10-8-20)17-22-11-13-25(31)14-12-22/h4-14,18,26,31-32H,15-17,19H2,1-3H3/t26-/m0/s1. The van der Waals surface area contributed by atoms with E-state index in [-0.39, 0.29) is 12.3 Å². The fourth-order valence-corrected chi connectivity index (χ4v) is 3.75. The summed E-state index contributed by atoms with van der Waals surface area (Å²) in [5.74, 6) is 0.258. The Morgan fingerprint density at radius 3 is 2.15 bits per heavy atom. The predicted octanol–water partition coefficient (Wildman–Crippen LogP) is 6.15. The van der Waals surface area contributed by atoms with E-state index in [0.29, 0.717) is 23.6 Å². The summed E-state index contributed by atoms with van der Waals surface area (Å²) in [7, 11) is 0. The average molecular weight is 482 g/mol. The van der Waals surface area contributed by atoms with E-state index in [4.69, 9.17) is 16.3 Å². The van der Waals surface area contributed by atoms with Gasteiger partial charge in [0.1, 0.15) is 11.4 Å². The molecule has 0 heterocycles. The predicted molar refractivity (Wildman–Crippen MR) is 135 cm³/mol. The number of carbonyl (C=O) groups excluding carboxylic acids is 1. The van der Waals surface area contributed by atoms with Gasteiger partial charge in [-0.2, -0.15) is 0 Å². The van der Waals surface area contributed by atoms with Gasteiger partial charge in [0.15, 0.2) is 0 Å². The first-order valence-corrected chi connectivity index (χ1v) is 11.7. The van der Waals surface area contributed by atoms with Crippen LogP contribution in [-0.4, -0.2) is 39.9 Å². The second-order valence-corrected chi connectivity index (χ2v) is 9.84. The van der Waals surface area contributed by atoms with Gasteiger partial charge in [0, 0.05) is 11.6 Å². The third-order valence-corrected chi connectivity index (χ3v) is 5.55. The molecule has 0 aliphatic rings. The maximum Gasteiger partial charge on any atom is 0.410 e. The molecule has 0 spiro atoms. The first-order valence-electron chi connectivity index (χ1n) is 11.4. The minimum atomic E-state index is -0.876. The quantitative estimate of drug-likeness (QED) is 0.405. The number of nitrogens with zero attached hydrogens (tertiary/aromatic N) is 1. The number of halogens is 1. The molecule has 3 aromatic carbocycles. The number of ether oxygens (including phenoxy) is 1. The molecule has 0 aliphatic carbocycles. The SMILES string of the molecule is CC(C)(C)OC(=O)N(CCc1ccc(Cc2ccc(O)cc2)cc1)C[C@H](O)c1cccc(Cl)c1. The Kier molecular flexibility index (Phi) is 8.59. The fourth-order valence-electron chi connectivity index (χ4n) is 3.55. The van der Waals surface area contributed by atoms with Gasteiger partial charge in [0.2, 0.25) is 0 Å². The number of carbonyl (C=O) groups is 1. The minimum absolute atomic E-state index is 0.105. The highest BCUT2D eigenvalue weighted by atomic mass is 35.5. The summed E-state index contributed by atoms with van der Waals surface area (Å²) in [4.78, 5) is 14.4. The van der Waals surface area contributed by atoms with E-state index in [2.05, 4.69) is 24.3 Å². The third kappa shape index (κ3) is 8.08. The summed E-state index contributed by atoms with van der Waals surface area (Å²) in [6.45, 7) is 5.98. The van der Waals surface area contributed by atoms with Gasteiger partial charge in [-0.1, -0.05) is 60.1 Å². The molecule has 0 unspecified atom stereocenters. The second kappa shape index (κ2) is 11.4. The van der Waals surface area contributed by atoms with Gasteiger partial charge in [0.25, 0.3) is 0 Å². The van der Waals surface area contributed by atoms with Crippen LogP contribution in [0.25, 0.3) is 0 Å². The number of aromatic hydroxyl groups is 1. The number of phenolic OH excluding ortho intramolecular Hbond substituents is 1. The largest absolute Gasteiger partial charge is 0.508 e. The van der Waals surface area contributed by atoms with Crippen molar-refractivity contribution < 1.29 is 19.7 Å². The minimum Gasteiger partial charge on any atom is -0.508 e. The number of benzene rings is 3. The van der Waals surface area contributed by atoms with E-state index < -0.39 is 17.8 Å². The zero-order valence-electron chi connectivity index (χ0n) is 19.9. The van der Waals surface area contributed by atoms with E-state index in [0.717, 1.165) is 23.1 Å². The number of rotatable bonds is 8. The Morgan fingerprint density at radius 2 is 1.56 bits per heavy atom. The molecular weight excluding hydrogens is 450 g/mol. The molecule has 0 aliphatic heterocycles. The number of aliphatic hydroxyl groups is 1. The molecule has 0 radical (unpaired) electrons. The molecule has 3 rings (SSSR count). The average Bonchev–Trinajstić information content (AvgIpc) is 2.78. The monoisotopic (exact) mass is 481 g/mol. The molecule has 1 atom stereocenters. The van der Waals surface area contributed by atoms with Crippen LogP contribution >= 0.6 is 11.6 Å². The molecule has 0 saturated carbocycles. The summed E-state index contributed by atoms with van der Waals surface area (Å²) in [6, 6.07) is 22.4. The van der Waals surface area contributed by atoms with Crippen molar-refractivity contribution in [1.29, 1.82) is 0 Å². The number of aliphatic hydroxyl groups excluding tert-OH is 1. The van der Waals surface area contributed by atoms with Crippen molar-refractivity contribution in [3.05, 3.63) is 100 Å².